The molecule has 3 aromatic rings. The first-order chi connectivity index (χ1) is 23.8. The van der Waals surface area contributed by atoms with E-state index in [0.717, 1.165) is 41.6 Å². The van der Waals surface area contributed by atoms with Gasteiger partial charge < -0.3 is 14.5 Å². The second-order valence-electron chi connectivity index (χ2n) is 16.3. The fourth-order valence-corrected chi connectivity index (χ4v) is 11.1. The molecule has 4 aliphatic carbocycles. The van der Waals surface area contributed by atoms with Crippen molar-refractivity contribution in [3.05, 3.63) is 77.6 Å². The molecule has 1 aromatic heterocycles. The number of amides is 2. The molecule has 1 saturated heterocycles. The summed E-state index contributed by atoms with van der Waals surface area (Å²) in [6.07, 6.45) is 10.2. The summed E-state index contributed by atoms with van der Waals surface area (Å²) >= 11 is 0. The van der Waals surface area contributed by atoms with Gasteiger partial charge in [0.2, 0.25) is 10.0 Å². The van der Waals surface area contributed by atoms with Crippen molar-refractivity contribution in [2.75, 3.05) is 43.4 Å². The minimum atomic E-state index is -3.75. The maximum absolute atomic E-state index is 13.9. The van der Waals surface area contributed by atoms with E-state index in [4.69, 9.17) is 4.74 Å². The van der Waals surface area contributed by atoms with Gasteiger partial charge in [0, 0.05) is 54.8 Å². The fraction of sp³-hybridized carbons (Fsp3) is 0.525. The summed E-state index contributed by atoms with van der Waals surface area (Å²) in [5.74, 6) is 2.12. The number of pyridine rings is 1. The fourth-order valence-electron chi connectivity index (χ4n) is 9.45. The monoisotopic (exact) mass is 698 g/mol. The summed E-state index contributed by atoms with van der Waals surface area (Å²) in [4.78, 5) is 35.4. The summed E-state index contributed by atoms with van der Waals surface area (Å²) < 4.78 is 34.5. The van der Waals surface area contributed by atoms with E-state index in [1.807, 2.05) is 42.2 Å². The van der Waals surface area contributed by atoms with Crippen molar-refractivity contribution in [1.82, 2.24) is 14.6 Å². The van der Waals surface area contributed by atoms with Crippen molar-refractivity contribution in [3.63, 3.8) is 0 Å². The average Bonchev–Trinajstić information content (AvgIpc) is 3.06. The largest absolute Gasteiger partial charge is 0.492 e. The van der Waals surface area contributed by atoms with Gasteiger partial charge in [0.1, 0.15) is 5.75 Å². The van der Waals surface area contributed by atoms with E-state index in [2.05, 4.69) is 41.4 Å². The highest BCUT2D eigenvalue weighted by Crippen LogP contribution is 2.60. The van der Waals surface area contributed by atoms with E-state index in [0.29, 0.717) is 67.4 Å². The van der Waals surface area contributed by atoms with Crippen LogP contribution in [0.3, 0.4) is 0 Å². The average molecular weight is 699 g/mol. The molecule has 2 aromatic carbocycles. The third-order valence-electron chi connectivity index (χ3n) is 11.4. The maximum Gasteiger partial charge on any atom is 0.264 e. The minimum absolute atomic E-state index is 0.00676. The quantitative estimate of drug-likeness (QED) is 0.266. The topological polar surface area (TPSA) is 109 Å². The maximum atomic E-state index is 13.9. The summed E-state index contributed by atoms with van der Waals surface area (Å²) in [5, 5.41) is 0. The summed E-state index contributed by atoms with van der Waals surface area (Å²) in [5.41, 5.74) is 4.49. The summed E-state index contributed by atoms with van der Waals surface area (Å²) in [6, 6.07) is 15.2. The smallest absolute Gasteiger partial charge is 0.264 e. The molecule has 9 nitrogen and oxygen atoms in total. The number of hydrogen-bond acceptors (Lipinski definition) is 7. The molecular weight excluding hydrogens is 649 g/mol. The highest BCUT2D eigenvalue weighted by Gasteiger charge is 2.52. The van der Waals surface area contributed by atoms with Gasteiger partial charge in [0.05, 0.1) is 18.6 Å². The second-order valence-corrected chi connectivity index (χ2v) is 18.0. The third-order valence-corrected chi connectivity index (χ3v) is 12.9. The lowest BCUT2D eigenvalue weighted by atomic mass is 9.50. The molecule has 50 heavy (non-hydrogen) atoms. The van der Waals surface area contributed by atoms with E-state index in [-0.39, 0.29) is 22.5 Å². The number of rotatable bonds is 9. The molecule has 1 N–H and O–H groups in total. The van der Waals surface area contributed by atoms with Crippen LogP contribution < -0.4 is 14.4 Å². The molecule has 2 heterocycles. The number of piperazine rings is 1. The van der Waals surface area contributed by atoms with Crippen molar-refractivity contribution in [2.24, 2.45) is 23.2 Å². The van der Waals surface area contributed by atoms with Crippen LogP contribution in [0.5, 0.6) is 5.75 Å². The van der Waals surface area contributed by atoms with Crippen LogP contribution in [-0.2, 0) is 15.4 Å². The van der Waals surface area contributed by atoms with Crippen molar-refractivity contribution in [2.45, 2.75) is 71.6 Å². The number of anilines is 1. The molecule has 0 radical (unpaired) electrons. The molecule has 0 atom stereocenters. The molecule has 10 heteroatoms. The Morgan fingerprint density at radius 3 is 2.10 bits per heavy atom. The Morgan fingerprint density at radius 2 is 1.50 bits per heavy atom. The number of sulfonamides is 1. The lowest BCUT2D eigenvalue weighted by Gasteiger charge is -2.56. The lowest BCUT2D eigenvalue weighted by molar-refractivity contribution is -0.0391. The first-order valence-corrected chi connectivity index (χ1v) is 19.9. The van der Waals surface area contributed by atoms with Gasteiger partial charge in [-0.05, 0) is 128 Å². The van der Waals surface area contributed by atoms with E-state index in [1.165, 1.54) is 19.3 Å². The Kier molecular flexibility index (Phi) is 9.20. The van der Waals surface area contributed by atoms with Crippen molar-refractivity contribution in [3.8, 4) is 16.9 Å². The Bertz CT molecular complexity index is 1820. The van der Waals surface area contributed by atoms with Crippen LogP contribution in [0, 0.1) is 23.2 Å². The molecule has 4 bridgehead atoms. The normalized spacial score (nSPS) is 24.7. The number of aromatic nitrogens is 1. The van der Waals surface area contributed by atoms with Gasteiger partial charge in [-0.1, -0.05) is 26.8 Å². The van der Waals surface area contributed by atoms with Crippen LogP contribution in [0.15, 0.2) is 60.9 Å². The first kappa shape index (κ1) is 34.5. The van der Waals surface area contributed by atoms with Gasteiger partial charge >= 0.3 is 0 Å². The number of nitrogens with zero attached hydrogens (tertiary/aromatic N) is 3. The number of hydrogen-bond donors (Lipinski definition) is 1. The van der Waals surface area contributed by atoms with Crippen LogP contribution in [0.4, 0.5) is 5.69 Å². The molecule has 266 valence electrons. The van der Waals surface area contributed by atoms with Crippen LogP contribution in [0.2, 0.25) is 0 Å². The summed E-state index contributed by atoms with van der Waals surface area (Å²) in [7, 11) is -3.75. The standard InChI is InChI=1S/C40H50N4O5S/c1-5-49-36-20-33(24-41-25-36)31-17-32(19-34(18-31)39(2,3)4)38(46)44-12-10-43(11-13-44)35-8-6-30(7-9-35)37(45)42-50(47,48)26-40-21-27-14-28(22-40)16-29(15-27)23-40/h6-9,17-20,24-25,27-29H,5,10-16,21-23,26H2,1-4H3,(H,42,45). The van der Waals surface area contributed by atoms with Gasteiger partial charge in [-0.25, -0.2) is 13.1 Å². The SMILES string of the molecule is CCOc1cncc(-c2cc(C(=O)N3CCN(c4ccc(C(=O)NS(=O)(=O)CC56CC7CC(CC(C7)C5)C6)cc4)CC3)cc(C(C)(C)C)c2)c1. The van der Waals surface area contributed by atoms with E-state index in [9.17, 15) is 18.0 Å². The van der Waals surface area contributed by atoms with Crippen molar-refractivity contribution in [1.29, 1.82) is 0 Å². The van der Waals surface area contributed by atoms with E-state index < -0.39 is 15.9 Å². The molecule has 0 unspecified atom stereocenters. The number of nitrogens with one attached hydrogen (secondary N) is 1. The van der Waals surface area contributed by atoms with Crippen LogP contribution >= 0.6 is 0 Å². The van der Waals surface area contributed by atoms with Gasteiger partial charge in [0.15, 0.2) is 0 Å². The Hall–Kier alpha value is -3.92. The first-order valence-electron chi connectivity index (χ1n) is 18.2. The highest BCUT2D eigenvalue weighted by atomic mass is 32.2. The Balaban J connectivity index is 0.977. The predicted octanol–water partition coefficient (Wildman–Crippen LogP) is 6.68. The highest BCUT2D eigenvalue weighted by molar-refractivity contribution is 7.90. The van der Waals surface area contributed by atoms with Gasteiger partial charge in [-0.3, -0.25) is 14.6 Å². The third kappa shape index (κ3) is 7.41. The van der Waals surface area contributed by atoms with Crippen molar-refractivity contribution < 1.29 is 22.7 Å². The van der Waals surface area contributed by atoms with Crippen LogP contribution in [-0.4, -0.2) is 68.7 Å². The molecule has 5 fully saturated rings. The second kappa shape index (κ2) is 13.3. The molecule has 0 spiro atoms. The molecule has 5 aliphatic rings. The zero-order valence-electron chi connectivity index (χ0n) is 29.8. The Morgan fingerprint density at radius 1 is 0.860 bits per heavy atom. The Labute approximate surface area is 296 Å². The number of benzene rings is 2. The van der Waals surface area contributed by atoms with Crippen LogP contribution in [0.1, 0.15) is 92.5 Å². The van der Waals surface area contributed by atoms with Gasteiger partial charge in [-0.15, -0.1) is 0 Å². The number of carbonyl (C=O) groups excluding carboxylic acids is 2. The predicted molar refractivity (Wildman–Crippen MR) is 196 cm³/mol. The molecule has 1 aliphatic heterocycles. The molecule has 4 saturated carbocycles. The van der Waals surface area contributed by atoms with Gasteiger partial charge in [0.25, 0.3) is 11.8 Å². The van der Waals surface area contributed by atoms with Crippen LogP contribution in [0.25, 0.3) is 11.1 Å². The number of carbonyl (C=O) groups is 2. The van der Waals surface area contributed by atoms with Crippen molar-refractivity contribution >= 4 is 27.5 Å². The summed E-state index contributed by atoms with van der Waals surface area (Å²) in [6.45, 7) is 11.3. The lowest BCUT2D eigenvalue weighted by Crippen LogP contribution is -2.51. The van der Waals surface area contributed by atoms with E-state index in [1.54, 1.807) is 24.5 Å². The minimum Gasteiger partial charge on any atom is -0.492 e. The number of ether oxygens (including phenoxy) is 1. The zero-order chi connectivity index (χ0) is 35.3. The van der Waals surface area contributed by atoms with Gasteiger partial charge in [-0.2, -0.15) is 0 Å². The molecular formula is C40H50N4O5S. The molecule has 2 amide bonds. The molecule has 8 rings (SSSR count). The van der Waals surface area contributed by atoms with E-state index >= 15 is 0 Å². The zero-order valence-corrected chi connectivity index (χ0v) is 30.6.